The fourth-order valence-corrected chi connectivity index (χ4v) is 2.51. The van der Waals surface area contributed by atoms with Gasteiger partial charge in [-0.05, 0) is 24.5 Å². The van der Waals surface area contributed by atoms with Gasteiger partial charge in [0.05, 0.1) is 5.38 Å². The number of carbonyl (C=O) groups is 1. The Morgan fingerprint density at radius 2 is 1.89 bits per heavy atom. The van der Waals surface area contributed by atoms with E-state index in [0.29, 0.717) is 12.5 Å². The fraction of sp³-hybridized carbons (Fsp3) is 0.533. The molecule has 1 unspecified atom stereocenters. The van der Waals surface area contributed by atoms with Crippen LogP contribution in [-0.4, -0.2) is 17.8 Å². The molecule has 0 saturated carbocycles. The minimum absolute atomic E-state index is 0.00738. The molecule has 0 spiro atoms. The zero-order valence-electron chi connectivity index (χ0n) is 11.4. The van der Waals surface area contributed by atoms with Crippen molar-refractivity contribution in [2.75, 3.05) is 6.54 Å². The Hall–Kier alpha value is -1.02. The van der Waals surface area contributed by atoms with Crippen molar-refractivity contribution in [3.63, 3.8) is 0 Å². The van der Waals surface area contributed by atoms with Crippen molar-refractivity contribution in [2.24, 2.45) is 5.92 Å². The van der Waals surface area contributed by atoms with E-state index in [1.54, 1.807) is 0 Å². The molecule has 0 aliphatic carbocycles. The Labute approximate surface area is 115 Å². The Kier molecular flexibility index (Phi) is 6.20. The molecule has 0 heterocycles. The lowest BCUT2D eigenvalue weighted by molar-refractivity contribution is 0.0951. The predicted molar refractivity (Wildman–Crippen MR) is 77.2 cm³/mol. The molecule has 1 aromatic rings. The van der Waals surface area contributed by atoms with Crippen molar-refractivity contribution in [2.45, 2.75) is 39.0 Å². The van der Waals surface area contributed by atoms with E-state index in [2.05, 4.69) is 19.2 Å². The third kappa shape index (κ3) is 4.02. The summed E-state index contributed by atoms with van der Waals surface area (Å²) in [7, 11) is 0. The van der Waals surface area contributed by atoms with Crippen LogP contribution in [0.25, 0.3) is 0 Å². The smallest absolute Gasteiger partial charge is 0.251 e. The number of rotatable bonds is 6. The molecular formula is C15H22ClNO. The first-order chi connectivity index (χ1) is 8.60. The molecule has 100 valence electrons. The summed E-state index contributed by atoms with van der Waals surface area (Å²) in [6, 6.07) is 7.58. The molecule has 0 radical (unpaired) electrons. The highest BCUT2D eigenvalue weighted by Gasteiger charge is 2.17. The summed E-state index contributed by atoms with van der Waals surface area (Å²) in [4.78, 5) is 12.0. The van der Waals surface area contributed by atoms with Crippen molar-refractivity contribution in [3.05, 3.63) is 35.4 Å². The molecule has 1 amide bonds. The van der Waals surface area contributed by atoms with Crippen molar-refractivity contribution < 1.29 is 4.79 Å². The van der Waals surface area contributed by atoms with E-state index in [1.165, 1.54) is 0 Å². The first kappa shape index (κ1) is 15.0. The van der Waals surface area contributed by atoms with Crippen molar-refractivity contribution in [3.8, 4) is 0 Å². The van der Waals surface area contributed by atoms with Gasteiger partial charge in [-0.2, -0.15) is 0 Å². The molecule has 1 atom stereocenters. The average molecular weight is 268 g/mol. The molecule has 1 rings (SSSR count). The summed E-state index contributed by atoms with van der Waals surface area (Å²) < 4.78 is 0. The number of benzene rings is 1. The quantitative estimate of drug-likeness (QED) is 0.781. The molecular weight excluding hydrogens is 246 g/mol. The average Bonchev–Trinajstić information content (AvgIpc) is 2.38. The number of nitrogens with one attached hydrogen (secondary N) is 1. The van der Waals surface area contributed by atoms with Gasteiger partial charge in [0.15, 0.2) is 0 Å². The molecule has 0 aliphatic heterocycles. The summed E-state index contributed by atoms with van der Waals surface area (Å²) in [6.45, 7) is 6.73. The van der Waals surface area contributed by atoms with Gasteiger partial charge < -0.3 is 5.32 Å². The van der Waals surface area contributed by atoms with E-state index in [9.17, 15) is 4.79 Å². The van der Waals surface area contributed by atoms with Crippen LogP contribution < -0.4 is 5.32 Å². The standard InChI is InChI=1S/C15H22ClNO/c1-4-12(5-2)14(16)10-17-15(18)13-9-7-6-8-11(13)3/h6-9,12,14H,4-5,10H2,1-3H3,(H,17,18). The molecule has 0 saturated heterocycles. The lowest BCUT2D eigenvalue weighted by Crippen LogP contribution is -2.33. The van der Waals surface area contributed by atoms with Crippen LogP contribution in [0, 0.1) is 12.8 Å². The summed E-state index contributed by atoms with van der Waals surface area (Å²) in [5.74, 6) is 0.425. The van der Waals surface area contributed by atoms with Crippen molar-refractivity contribution in [1.29, 1.82) is 0 Å². The number of amides is 1. The minimum atomic E-state index is -0.0373. The highest BCUT2D eigenvalue weighted by atomic mass is 35.5. The van der Waals surface area contributed by atoms with Crippen LogP contribution in [0.5, 0.6) is 0 Å². The summed E-state index contributed by atoms with van der Waals surface area (Å²) in [5.41, 5.74) is 1.72. The second kappa shape index (κ2) is 7.42. The van der Waals surface area contributed by atoms with Gasteiger partial charge in [0.25, 0.3) is 5.91 Å². The number of hydrogen-bond donors (Lipinski definition) is 1. The maximum absolute atomic E-state index is 12.0. The molecule has 0 bridgehead atoms. The van der Waals surface area contributed by atoms with E-state index < -0.39 is 0 Å². The fourth-order valence-electron chi connectivity index (χ4n) is 2.08. The molecule has 2 nitrogen and oxygen atoms in total. The van der Waals surface area contributed by atoms with Gasteiger partial charge in [-0.15, -0.1) is 11.6 Å². The maximum atomic E-state index is 12.0. The van der Waals surface area contributed by atoms with Gasteiger partial charge in [-0.3, -0.25) is 4.79 Å². The first-order valence-electron chi connectivity index (χ1n) is 6.58. The van der Waals surface area contributed by atoms with Gasteiger partial charge >= 0.3 is 0 Å². The van der Waals surface area contributed by atoms with E-state index in [-0.39, 0.29) is 11.3 Å². The van der Waals surface area contributed by atoms with Crippen LogP contribution in [0.15, 0.2) is 24.3 Å². The number of carbonyl (C=O) groups excluding carboxylic acids is 1. The van der Waals surface area contributed by atoms with Crippen LogP contribution >= 0.6 is 11.6 Å². The number of halogens is 1. The lowest BCUT2D eigenvalue weighted by atomic mass is 9.99. The van der Waals surface area contributed by atoms with E-state index in [1.807, 2.05) is 31.2 Å². The topological polar surface area (TPSA) is 29.1 Å². The Morgan fingerprint density at radius 3 is 2.44 bits per heavy atom. The summed E-state index contributed by atoms with van der Waals surface area (Å²) >= 11 is 6.30. The molecule has 0 fully saturated rings. The molecule has 1 aromatic carbocycles. The van der Waals surface area contributed by atoms with E-state index >= 15 is 0 Å². The van der Waals surface area contributed by atoms with Crippen LogP contribution in [0.1, 0.15) is 42.6 Å². The van der Waals surface area contributed by atoms with Crippen LogP contribution in [-0.2, 0) is 0 Å². The van der Waals surface area contributed by atoms with Gasteiger partial charge in [0, 0.05) is 12.1 Å². The molecule has 18 heavy (non-hydrogen) atoms. The van der Waals surface area contributed by atoms with E-state index in [0.717, 1.165) is 24.0 Å². The van der Waals surface area contributed by atoms with E-state index in [4.69, 9.17) is 11.6 Å². The minimum Gasteiger partial charge on any atom is -0.351 e. The lowest BCUT2D eigenvalue weighted by Gasteiger charge is -2.19. The number of alkyl halides is 1. The summed E-state index contributed by atoms with van der Waals surface area (Å²) in [5, 5.41) is 2.93. The monoisotopic (exact) mass is 267 g/mol. The zero-order valence-corrected chi connectivity index (χ0v) is 12.1. The molecule has 0 aliphatic rings. The SMILES string of the molecule is CCC(CC)C(Cl)CNC(=O)c1ccccc1C. The Bertz CT molecular complexity index is 388. The number of aryl methyl sites for hydroxylation is 1. The largest absolute Gasteiger partial charge is 0.351 e. The normalized spacial score (nSPS) is 12.5. The van der Waals surface area contributed by atoms with Crippen LogP contribution in [0.2, 0.25) is 0 Å². The van der Waals surface area contributed by atoms with Crippen LogP contribution in [0.3, 0.4) is 0 Å². The molecule has 1 N–H and O–H groups in total. The Balaban J connectivity index is 2.54. The first-order valence-corrected chi connectivity index (χ1v) is 7.01. The van der Waals surface area contributed by atoms with Crippen molar-refractivity contribution in [1.82, 2.24) is 5.32 Å². The predicted octanol–water partition coefficient (Wildman–Crippen LogP) is 3.77. The molecule has 3 heteroatoms. The number of hydrogen-bond acceptors (Lipinski definition) is 1. The van der Waals surface area contributed by atoms with Crippen LogP contribution in [0.4, 0.5) is 0 Å². The second-order valence-electron chi connectivity index (χ2n) is 4.62. The van der Waals surface area contributed by atoms with Gasteiger partial charge in [0.1, 0.15) is 0 Å². The zero-order chi connectivity index (χ0) is 13.5. The third-order valence-electron chi connectivity index (χ3n) is 3.41. The van der Waals surface area contributed by atoms with Gasteiger partial charge in [-0.1, -0.05) is 44.9 Å². The van der Waals surface area contributed by atoms with Crippen molar-refractivity contribution >= 4 is 17.5 Å². The van der Waals surface area contributed by atoms with Gasteiger partial charge in [-0.25, -0.2) is 0 Å². The summed E-state index contributed by atoms with van der Waals surface area (Å²) in [6.07, 6.45) is 2.09. The third-order valence-corrected chi connectivity index (χ3v) is 3.92. The highest BCUT2D eigenvalue weighted by molar-refractivity contribution is 6.21. The second-order valence-corrected chi connectivity index (χ2v) is 5.18. The van der Waals surface area contributed by atoms with Gasteiger partial charge in [0.2, 0.25) is 0 Å². The molecule has 0 aromatic heterocycles. The highest BCUT2D eigenvalue weighted by Crippen LogP contribution is 2.18. The Morgan fingerprint density at radius 1 is 1.28 bits per heavy atom. The maximum Gasteiger partial charge on any atom is 0.251 e.